The van der Waals surface area contributed by atoms with Gasteiger partial charge < -0.3 is 5.73 Å². The monoisotopic (exact) mass is 281 g/mol. The molecule has 20 heavy (non-hydrogen) atoms. The number of benzene rings is 3. The summed E-state index contributed by atoms with van der Waals surface area (Å²) in [5.74, 6) is 0. The summed E-state index contributed by atoms with van der Waals surface area (Å²) in [7, 11) is 0. The van der Waals surface area contributed by atoms with Gasteiger partial charge in [0.15, 0.2) is 0 Å². The first-order valence-corrected chi connectivity index (χ1v) is 7.07. The molecule has 0 aliphatic carbocycles. The maximum Gasteiger partial charge on any atom is 0.0459 e. The summed E-state index contributed by atoms with van der Waals surface area (Å²) in [6.07, 6.45) is 0. The van der Waals surface area contributed by atoms with Gasteiger partial charge in [0.1, 0.15) is 0 Å². The lowest BCUT2D eigenvalue weighted by Crippen LogP contribution is -2.05. The number of hydrogen-bond acceptors (Lipinski definition) is 1. The van der Waals surface area contributed by atoms with Crippen LogP contribution in [-0.4, -0.2) is 0 Å². The Morgan fingerprint density at radius 3 is 2.20 bits per heavy atom. The number of rotatable bonds is 2. The fraction of sp³-hybridized carbons (Fsp3) is 0.111. The molecule has 0 aromatic heterocycles. The van der Waals surface area contributed by atoms with Gasteiger partial charge in [-0.3, -0.25) is 0 Å². The van der Waals surface area contributed by atoms with Crippen molar-refractivity contribution >= 4 is 22.4 Å². The second-order valence-corrected chi connectivity index (χ2v) is 5.49. The van der Waals surface area contributed by atoms with Crippen molar-refractivity contribution in [1.29, 1.82) is 0 Å². The molecular weight excluding hydrogens is 266 g/mol. The largest absolute Gasteiger partial charge is 0.324 e. The van der Waals surface area contributed by atoms with Crippen LogP contribution in [0.2, 0.25) is 5.02 Å². The summed E-state index contributed by atoms with van der Waals surface area (Å²) in [5.41, 5.74) is 9.16. The molecule has 3 aromatic carbocycles. The van der Waals surface area contributed by atoms with Crippen LogP contribution in [0.25, 0.3) is 21.9 Å². The lowest BCUT2D eigenvalue weighted by Gasteiger charge is -2.11. The highest BCUT2D eigenvalue weighted by Gasteiger charge is 2.07. The van der Waals surface area contributed by atoms with Crippen LogP contribution in [0.15, 0.2) is 60.7 Å². The molecule has 3 aromatic rings. The van der Waals surface area contributed by atoms with Crippen molar-refractivity contribution in [3.05, 3.63) is 71.2 Å². The van der Waals surface area contributed by atoms with Crippen LogP contribution >= 0.6 is 11.6 Å². The highest BCUT2D eigenvalue weighted by atomic mass is 35.5. The molecule has 2 N–H and O–H groups in total. The summed E-state index contributed by atoms with van der Waals surface area (Å²) in [6, 6.07) is 20.8. The Hall–Kier alpha value is -1.83. The minimum atomic E-state index is -0.0480. The lowest BCUT2D eigenvalue weighted by molar-refractivity contribution is 0.819. The highest BCUT2D eigenvalue weighted by Crippen LogP contribution is 2.30. The van der Waals surface area contributed by atoms with Gasteiger partial charge in [-0.05, 0) is 46.5 Å². The fourth-order valence-corrected chi connectivity index (χ4v) is 2.80. The highest BCUT2D eigenvalue weighted by molar-refractivity contribution is 6.31. The molecule has 100 valence electrons. The van der Waals surface area contributed by atoms with E-state index < -0.39 is 0 Å². The Morgan fingerprint density at radius 1 is 0.850 bits per heavy atom. The molecule has 3 rings (SSSR count). The predicted molar refractivity (Wildman–Crippen MR) is 87.0 cm³/mol. The van der Waals surface area contributed by atoms with Crippen molar-refractivity contribution in [2.45, 2.75) is 13.0 Å². The molecule has 0 saturated carbocycles. The third-order valence-electron chi connectivity index (χ3n) is 3.57. The van der Waals surface area contributed by atoms with E-state index in [1.54, 1.807) is 0 Å². The Kier molecular flexibility index (Phi) is 3.47. The van der Waals surface area contributed by atoms with Crippen molar-refractivity contribution in [2.75, 3.05) is 0 Å². The first kappa shape index (κ1) is 13.2. The van der Waals surface area contributed by atoms with Gasteiger partial charge in [-0.2, -0.15) is 0 Å². The van der Waals surface area contributed by atoms with Gasteiger partial charge in [0.2, 0.25) is 0 Å². The van der Waals surface area contributed by atoms with Crippen LogP contribution in [0, 0.1) is 0 Å². The summed E-state index contributed by atoms with van der Waals surface area (Å²) in [5, 5.41) is 3.21. The van der Waals surface area contributed by atoms with Crippen LogP contribution in [0.3, 0.4) is 0 Å². The topological polar surface area (TPSA) is 26.0 Å². The molecule has 0 radical (unpaired) electrons. The second-order valence-electron chi connectivity index (χ2n) is 5.09. The first-order valence-electron chi connectivity index (χ1n) is 6.69. The van der Waals surface area contributed by atoms with Crippen molar-refractivity contribution < 1.29 is 0 Å². The van der Waals surface area contributed by atoms with E-state index in [0.717, 1.165) is 16.1 Å². The average Bonchev–Trinajstić information content (AvgIpc) is 2.46. The van der Waals surface area contributed by atoms with Crippen LogP contribution in [-0.2, 0) is 0 Å². The first-order chi connectivity index (χ1) is 9.65. The normalized spacial score (nSPS) is 12.6. The zero-order valence-corrected chi connectivity index (χ0v) is 12.1. The molecule has 0 spiro atoms. The minimum absolute atomic E-state index is 0.0480. The number of halogens is 1. The van der Waals surface area contributed by atoms with E-state index in [1.165, 1.54) is 16.3 Å². The smallest absolute Gasteiger partial charge is 0.0459 e. The maximum atomic E-state index is 6.31. The molecule has 0 heterocycles. The van der Waals surface area contributed by atoms with E-state index >= 15 is 0 Å². The molecule has 1 atom stereocenters. The molecule has 0 amide bonds. The van der Waals surface area contributed by atoms with Gasteiger partial charge in [0, 0.05) is 11.1 Å². The van der Waals surface area contributed by atoms with Gasteiger partial charge in [-0.1, -0.05) is 60.1 Å². The van der Waals surface area contributed by atoms with Gasteiger partial charge in [0.05, 0.1) is 0 Å². The van der Waals surface area contributed by atoms with E-state index in [0.29, 0.717) is 0 Å². The van der Waals surface area contributed by atoms with Gasteiger partial charge in [0.25, 0.3) is 0 Å². The average molecular weight is 282 g/mol. The van der Waals surface area contributed by atoms with Crippen molar-refractivity contribution in [1.82, 2.24) is 0 Å². The molecule has 1 nitrogen and oxygen atoms in total. The van der Waals surface area contributed by atoms with E-state index in [4.69, 9.17) is 17.3 Å². The maximum absolute atomic E-state index is 6.31. The van der Waals surface area contributed by atoms with E-state index in [-0.39, 0.29) is 6.04 Å². The molecule has 0 aliphatic rings. The number of fused-ring (bicyclic) bond motifs is 1. The van der Waals surface area contributed by atoms with E-state index in [9.17, 15) is 0 Å². The molecule has 2 heteroatoms. The summed E-state index contributed by atoms with van der Waals surface area (Å²) >= 11 is 6.31. The van der Waals surface area contributed by atoms with Crippen LogP contribution in [0.4, 0.5) is 0 Å². The second kappa shape index (κ2) is 5.28. The standard InChI is InChI=1S/C18H16ClN/c1-12(20)17-9-8-16(11-18(17)19)15-7-6-13-4-2-3-5-14(13)10-15/h2-12H,20H2,1H3. The van der Waals surface area contributed by atoms with Gasteiger partial charge in [-0.25, -0.2) is 0 Å². The Labute approximate surface area is 124 Å². The summed E-state index contributed by atoms with van der Waals surface area (Å²) in [6.45, 7) is 1.94. The predicted octanol–water partition coefficient (Wildman–Crippen LogP) is 5.18. The van der Waals surface area contributed by atoms with Crippen molar-refractivity contribution in [2.24, 2.45) is 5.73 Å². The van der Waals surface area contributed by atoms with Crippen LogP contribution in [0.1, 0.15) is 18.5 Å². The van der Waals surface area contributed by atoms with E-state index in [2.05, 4.69) is 48.5 Å². The molecule has 0 aliphatic heterocycles. The zero-order valence-electron chi connectivity index (χ0n) is 11.3. The van der Waals surface area contributed by atoms with Crippen LogP contribution < -0.4 is 5.73 Å². The lowest BCUT2D eigenvalue weighted by atomic mass is 9.99. The van der Waals surface area contributed by atoms with Gasteiger partial charge >= 0.3 is 0 Å². The Morgan fingerprint density at radius 2 is 1.50 bits per heavy atom. The minimum Gasteiger partial charge on any atom is -0.324 e. The molecule has 0 bridgehead atoms. The SMILES string of the molecule is CC(N)c1ccc(-c2ccc3ccccc3c2)cc1Cl. The molecular formula is C18H16ClN. The fourth-order valence-electron chi connectivity index (χ4n) is 2.44. The number of hydrogen-bond donors (Lipinski definition) is 1. The summed E-state index contributed by atoms with van der Waals surface area (Å²) < 4.78 is 0. The number of nitrogens with two attached hydrogens (primary N) is 1. The Bertz CT molecular complexity index is 762. The van der Waals surface area contributed by atoms with E-state index in [1.807, 2.05) is 19.1 Å². The van der Waals surface area contributed by atoms with Gasteiger partial charge in [-0.15, -0.1) is 0 Å². The van der Waals surface area contributed by atoms with Crippen molar-refractivity contribution in [3.63, 3.8) is 0 Å². The molecule has 0 fully saturated rings. The summed E-state index contributed by atoms with van der Waals surface area (Å²) in [4.78, 5) is 0. The zero-order chi connectivity index (χ0) is 14.1. The Balaban J connectivity index is 2.08. The molecule has 1 unspecified atom stereocenters. The third-order valence-corrected chi connectivity index (χ3v) is 3.90. The third kappa shape index (κ3) is 2.43. The van der Waals surface area contributed by atoms with Crippen LogP contribution in [0.5, 0.6) is 0 Å². The van der Waals surface area contributed by atoms with Crippen molar-refractivity contribution in [3.8, 4) is 11.1 Å². The quantitative estimate of drug-likeness (QED) is 0.688. The molecule has 0 saturated heterocycles.